The van der Waals surface area contributed by atoms with E-state index >= 15 is 0 Å². The van der Waals surface area contributed by atoms with Crippen molar-refractivity contribution in [3.05, 3.63) is 64.8 Å². The van der Waals surface area contributed by atoms with Gasteiger partial charge in [0.2, 0.25) is 5.91 Å². The molecule has 2 aromatic carbocycles. The van der Waals surface area contributed by atoms with Crippen LogP contribution in [0.5, 0.6) is 0 Å². The van der Waals surface area contributed by atoms with E-state index in [1.807, 2.05) is 0 Å². The topological polar surface area (TPSA) is 42.6 Å². The van der Waals surface area contributed by atoms with Gasteiger partial charge in [0.05, 0.1) is 6.04 Å². The SMILES string of the molecule is Cc1cccc(N2CCN([C@H](C)C(=O)N3CCc4[nH]c5ccccc5c4C3)CC2)c1C. The Kier molecular flexibility index (Phi) is 5.22. The number of para-hydroxylation sites is 1. The highest BCUT2D eigenvalue weighted by atomic mass is 16.2. The fourth-order valence-corrected chi connectivity index (χ4v) is 5.20. The molecule has 2 aliphatic heterocycles. The highest BCUT2D eigenvalue weighted by Gasteiger charge is 2.31. The largest absolute Gasteiger partial charge is 0.369 e. The summed E-state index contributed by atoms with van der Waals surface area (Å²) in [4.78, 5) is 23.8. The van der Waals surface area contributed by atoms with Crippen LogP contribution in [0.3, 0.4) is 0 Å². The maximum atomic E-state index is 13.4. The van der Waals surface area contributed by atoms with Gasteiger partial charge in [-0.05, 0) is 44.0 Å². The number of fused-ring (bicyclic) bond motifs is 3. The van der Waals surface area contributed by atoms with Crippen molar-refractivity contribution in [1.82, 2.24) is 14.8 Å². The van der Waals surface area contributed by atoms with Crippen molar-refractivity contribution < 1.29 is 4.79 Å². The van der Waals surface area contributed by atoms with Crippen LogP contribution in [0.15, 0.2) is 42.5 Å². The molecule has 1 aromatic heterocycles. The second-order valence-electron chi connectivity index (χ2n) is 9.06. The minimum absolute atomic E-state index is 0.0764. The van der Waals surface area contributed by atoms with Crippen molar-refractivity contribution in [3.63, 3.8) is 0 Å². The molecule has 162 valence electrons. The number of rotatable bonds is 3. The van der Waals surface area contributed by atoms with Gasteiger partial charge in [-0.3, -0.25) is 9.69 Å². The molecule has 1 N–H and O–H groups in total. The molecule has 5 heteroatoms. The molecule has 1 atom stereocenters. The van der Waals surface area contributed by atoms with E-state index in [4.69, 9.17) is 0 Å². The lowest BCUT2D eigenvalue weighted by atomic mass is 10.0. The molecule has 1 fully saturated rings. The van der Waals surface area contributed by atoms with Crippen LogP contribution in [0.4, 0.5) is 5.69 Å². The Bertz CT molecular complexity index is 1110. The number of hydrogen-bond acceptors (Lipinski definition) is 3. The van der Waals surface area contributed by atoms with E-state index in [0.29, 0.717) is 6.54 Å². The molecule has 0 saturated carbocycles. The molecule has 5 nitrogen and oxygen atoms in total. The Balaban J connectivity index is 1.24. The van der Waals surface area contributed by atoms with Gasteiger partial charge >= 0.3 is 0 Å². The molecule has 1 saturated heterocycles. The summed E-state index contributed by atoms with van der Waals surface area (Å²) < 4.78 is 0. The van der Waals surface area contributed by atoms with E-state index in [0.717, 1.165) is 39.1 Å². The van der Waals surface area contributed by atoms with Crippen molar-refractivity contribution in [2.24, 2.45) is 0 Å². The quantitative estimate of drug-likeness (QED) is 0.705. The van der Waals surface area contributed by atoms with Crippen LogP contribution in [0.1, 0.15) is 29.3 Å². The lowest BCUT2D eigenvalue weighted by molar-refractivity contribution is -0.137. The number of amides is 1. The van der Waals surface area contributed by atoms with E-state index < -0.39 is 0 Å². The molecule has 3 aromatic rings. The van der Waals surface area contributed by atoms with Crippen LogP contribution in [-0.2, 0) is 17.8 Å². The van der Waals surface area contributed by atoms with Crippen LogP contribution in [0.25, 0.3) is 10.9 Å². The van der Waals surface area contributed by atoms with Crippen molar-refractivity contribution in [2.75, 3.05) is 37.6 Å². The van der Waals surface area contributed by atoms with Crippen molar-refractivity contribution >= 4 is 22.5 Å². The first-order chi connectivity index (χ1) is 15.0. The summed E-state index contributed by atoms with van der Waals surface area (Å²) in [6.45, 7) is 11.8. The number of benzene rings is 2. The number of nitrogens with one attached hydrogen (secondary N) is 1. The van der Waals surface area contributed by atoms with Gasteiger partial charge in [0.25, 0.3) is 0 Å². The second kappa shape index (κ2) is 8.04. The average Bonchev–Trinajstić information content (AvgIpc) is 3.18. The molecular formula is C26H32N4O. The maximum Gasteiger partial charge on any atom is 0.239 e. The Morgan fingerprint density at radius 2 is 1.74 bits per heavy atom. The normalized spacial score (nSPS) is 18.3. The zero-order valence-corrected chi connectivity index (χ0v) is 18.8. The molecule has 0 aliphatic carbocycles. The molecule has 5 rings (SSSR count). The molecule has 1 amide bonds. The third-order valence-electron chi connectivity index (χ3n) is 7.33. The summed E-state index contributed by atoms with van der Waals surface area (Å²) >= 11 is 0. The highest BCUT2D eigenvalue weighted by molar-refractivity contribution is 5.87. The fourth-order valence-electron chi connectivity index (χ4n) is 5.20. The molecule has 0 radical (unpaired) electrons. The Hall–Kier alpha value is -2.79. The summed E-state index contributed by atoms with van der Waals surface area (Å²) in [5, 5.41) is 1.25. The number of hydrogen-bond donors (Lipinski definition) is 1. The van der Waals surface area contributed by atoms with Gasteiger partial charge in [0.1, 0.15) is 0 Å². The first-order valence-electron chi connectivity index (χ1n) is 11.5. The van der Waals surface area contributed by atoms with Crippen LogP contribution in [0, 0.1) is 13.8 Å². The first-order valence-corrected chi connectivity index (χ1v) is 11.5. The predicted molar refractivity (Wildman–Crippen MR) is 127 cm³/mol. The standard InChI is InChI=1S/C26H32N4O/c1-18-7-6-10-25(19(18)2)29-15-13-28(14-16-29)20(3)26(31)30-12-11-24-22(17-30)21-8-4-5-9-23(21)27-24/h4-10,20,27H,11-17H2,1-3H3/t20-/m1/s1. The van der Waals surface area contributed by atoms with Gasteiger partial charge < -0.3 is 14.8 Å². The lowest BCUT2D eigenvalue weighted by Gasteiger charge is -2.41. The summed E-state index contributed by atoms with van der Waals surface area (Å²) in [5.74, 6) is 0.260. The van der Waals surface area contributed by atoms with Crippen molar-refractivity contribution in [1.29, 1.82) is 0 Å². The summed E-state index contributed by atoms with van der Waals surface area (Å²) in [7, 11) is 0. The van der Waals surface area contributed by atoms with Gasteiger partial charge in [0, 0.05) is 73.5 Å². The number of aromatic amines is 1. The van der Waals surface area contributed by atoms with Gasteiger partial charge in [0.15, 0.2) is 0 Å². The maximum absolute atomic E-state index is 13.4. The number of nitrogens with zero attached hydrogens (tertiary/aromatic N) is 3. The molecule has 0 unspecified atom stereocenters. The van der Waals surface area contributed by atoms with Gasteiger partial charge in [-0.1, -0.05) is 30.3 Å². The van der Waals surface area contributed by atoms with E-state index in [2.05, 4.69) is 82.9 Å². The number of aryl methyl sites for hydroxylation is 1. The van der Waals surface area contributed by atoms with Gasteiger partial charge in [-0.25, -0.2) is 0 Å². The highest BCUT2D eigenvalue weighted by Crippen LogP contribution is 2.29. The first kappa shape index (κ1) is 20.1. The monoisotopic (exact) mass is 416 g/mol. The smallest absolute Gasteiger partial charge is 0.239 e. The second-order valence-corrected chi connectivity index (χ2v) is 9.06. The van der Waals surface area contributed by atoms with E-state index in [1.54, 1.807) is 0 Å². The molecule has 0 spiro atoms. The Morgan fingerprint density at radius 3 is 2.55 bits per heavy atom. The number of piperazine rings is 1. The third kappa shape index (κ3) is 3.61. The van der Waals surface area contributed by atoms with Crippen LogP contribution >= 0.6 is 0 Å². The number of H-pyrrole nitrogens is 1. The van der Waals surface area contributed by atoms with Gasteiger partial charge in [-0.15, -0.1) is 0 Å². The minimum Gasteiger partial charge on any atom is -0.369 e. The predicted octanol–water partition coefficient (Wildman–Crippen LogP) is 3.88. The fraction of sp³-hybridized carbons (Fsp3) is 0.423. The van der Waals surface area contributed by atoms with Crippen LogP contribution in [-0.4, -0.2) is 59.5 Å². The van der Waals surface area contributed by atoms with E-state index in [9.17, 15) is 4.79 Å². The average molecular weight is 417 g/mol. The Morgan fingerprint density at radius 1 is 0.968 bits per heavy atom. The van der Waals surface area contributed by atoms with E-state index in [-0.39, 0.29) is 11.9 Å². The van der Waals surface area contributed by atoms with Crippen LogP contribution in [0.2, 0.25) is 0 Å². The number of carbonyl (C=O) groups is 1. The molecule has 0 bridgehead atoms. The van der Waals surface area contributed by atoms with E-state index in [1.165, 1.54) is 39.0 Å². The number of carbonyl (C=O) groups excluding carboxylic acids is 1. The molecule has 31 heavy (non-hydrogen) atoms. The van der Waals surface area contributed by atoms with Crippen molar-refractivity contribution in [2.45, 2.75) is 39.8 Å². The number of aromatic nitrogens is 1. The summed E-state index contributed by atoms with van der Waals surface area (Å²) in [6.07, 6.45) is 0.906. The molecular weight excluding hydrogens is 384 g/mol. The zero-order chi connectivity index (χ0) is 21.5. The third-order valence-corrected chi connectivity index (χ3v) is 7.33. The zero-order valence-electron chi connectivity index (χ0n) is 18.8. The molecule has 2 aliphatic rings. The van der Waals surface area contributed by atoms with Crippen LogP contribution < -0.4 is 4.90 Å². The summed E-state index contributed by atoms with van der Waals surface area (Å²) in [6, 6.07) is 14.9. The summed E-state index contributed by atoms with van der Waals surface area (Å²) in [5.41, 5.74) is 7.80. The molecule has 3 heterocycles. The van der Waals surface area contributed by atoms with Crippen molar-refractivity contribution in [3.8, 4) is 0 Å². The number of anilines is 1. The Labute approximate surface area is 184 Å². The lowest BCUT2D eigenvalue weighted by Crippen LogP contribution is -2.55. The minimum atomic E-state index is -0.0764. The van der Waals surface area contributed by atoms with Gasteiger partial charge in [-0.2, -0.15) is 0 Å².